The van der Waals surface area contributed by atoms with E-state index in [0.29, 0.717) is 11.8 Å². The largest absolute Gasteiger partial charge is 0.351 e. The maximum absolute atomic E-state index is 11.4. The highest BCUT2D eigenvalue weighted by atomic mass is 35.5. The lowest BCUT2D eigenvalue weighted by atomic mass is 9.80. The fraction of sp³-hybridized carbons (Fsp3) is 0.562. The number of carbonyl (C=O) groups is 1. The molecule has 3 N–H and O–H groups in total. The number of rotatable bonds is 4. The molecule has 0 saturated carbocycles. The number of hydrogen-bond donors (Lipinski definition) is 2. The van der Waals surface area contributed by atoms with Crippen LogP contribution in [0, 0.1) is 11.8 Å². The van der Waals surface area contributed by atoms with E-state index in [1.54, 1.807) is 4.90 Å². The Labute approximate surface area is 131 Å². The molecule has 0 aliphatic carbocycles. The molecule has 1 unspecified atom stereocenters. The molecule has 1 aliphatic rings. The quantitative estimate of drug-likeness (QED) is 0.898. The molecule has 1 aromatic carbocycles. The normalized spacial score (nSPS) is 21.9. The molecule has 21 heavy (non-hydrogen) atoms. The van der Waals surface area contributed by atoms with E-state index in [1.807, 2.05) is 25.2 Å². The molecule has 1 heterocycles. The predicted octanol–water partition coefficient (Wildman–Crippen LogP) is 3.03. The summed E-state index contributed by atoms with van der Waals surface area (Å²) >= 11 is 6.10. The van der Waals surface area contributed by atoms with Gasteiger partial charge >= 0.3 is 6.03 Å². The van der Waals surface area contributed by atoms with Gasteiger partial charge in [-0.1, -0.05) is 30.7 Å². The van der Waals surface area contributed by atoms with Gasteiger partial charge in [0, 0.05) is 24.2 Å². The Morgan fingerprint density at radius 2 is 2.29 bits per heavy atom. The highest BCUT2D eigenvalue weighted by molar-refractivity contribution is 6.30. The molecule has 2 amide bonds. The molecule has 1 aromatic rings. The van der Waals surface area contributed by atoms with Crippen molar-refractivity contribution in [3.05, 3.63) is 34.9 Å². The number of amides is 2. The number of nitrogens with two attached hydrogens (primary N) is 1. The molecule has 4 nitrogen and oxygen atoms in total. The summed E-state index contributed by atoms with van der Waals surface area (Å²) in [6.07, 6.45) is 2.15. The summed E-state index contributed by atoms with van der Waals surface area (Å²) in [5.41, 5.74) is 6.61. The minimum Gasteiger partial charge on any atom is -0.351 e. The third-order valence-corrected chi connectivity index (χ3v) is 4.79. The van der Waals surface area contributed by atoms with Gasteiger partial charge in [0.2, 0.25) is 0 Å². The summed E-state index contributed by atoms with van der Waals surface area (Å²) in [6, 6.07) is 7.88. The van der Waals surface area contributed by atoms with Gasteiger partial charge in [0.1, 0.15) is 0 Å². The second kappa shape index (κ2) is 7.14. The van der Waals surface area contributed by atoms with E-state index in [0.717, 1.165) is 31.0 Å². The van der Waals surface area contributed by atoms with Crippen molar-refractivity contribution in [1.82, 2.24) is 10.2 Å². The lowest BCUT2D eigenvalue weighted by molar-refractivity contribution is 0.138. The SMILES string of the molecule is CN[C@H](c1cccc(Cl)c1)C(C)[C@H]1CCCN(C(N)=O)C1. The van der Waals surface area contributed by atoms with Gasteiger partial charge in [0.05, 0.1) is 0 Å². The molecule has 3 atom stereocenters. The van der Waals surface area contributed by atoms with Gasteiger partial charge in [-0.3, -0.25) is 0 Å². The van der Waals surface area contributed by atoms with Crippen LogP contribution in [0.5, 0.6) is 0 Å². The zero-order chi connectivity index (χ0) is 15.4. The second-order valence-corrected chi connectivity index (χ2v) is 6.30. The number of benzene rings is 1. The van der Waals surface area contributed by atoms with Gasteiger partial charge in [-0.15, -0.1) is 0 Å². The number of nitrogens with one attached hydrogen (secondary N) is 1. The number of likely N-dealkylation sites (tertiary alicyclic amines) is 1. The van der Waals surface area contributed by atoms with Crippen LogP contribution in [0.15, 0.2) is 24.3 Å². The number of urea groups is 1. The smallest absolute Gasteiger partial charge is 0.314 e. The highest BCUT2D eigenvalue weighted by Crippen LogP contribution is 2.33. The first-order chi connectivity index (χ1) is 10.0. The summed E-state index contributed by atoms with van der Waals surface area (Å²) < 4.78 is 0. The topological polar surface area (TPSA) is 58.4 Å². The van der Waals surface area contributed by atoms with E-state index < -0.39 is 0 Å². The number of primary amides is 1. The number of hydrogen-bond acceptors (Lipinski definition) is 2. The third kappa shape index (κ3) is 3.89. The van der Waals surface area contributed by atoms with Gasteiger partial charge in [-0.25, -0.2) is 4.79 Å². The maximum atomic E-state index is 11.4. The molecule has 0 bridgehead atoms. The summed E-state index contributed by atoms with van der Waals surface area (Å²) in [6.45, 7) is 3.76. The van der Waals surface area contributed by atoms with Crippen molar-refractivity contribution in [1.29, 1.82) is 0 Å². The van der Waals surface area contributed by atoms with E-state index in [2.05, 4.69) is 18.3 Å². The van der Waals surface area contributed by atoms with Crippen LogP contribution in [0.2, 0.25) is 5.02 Å². The Hall–Kier alpha value is -1.26. The van der Waals surface area contributed by atoms with Gasteiger partial charge in [0.15, 0.2) is 0 Å². The first-order valence-corrected chi connectivity index (χ1v) is 7.88. The van der Waals surface area contributed by atoms with Crippen molar-refractivity contribution in [3.8, 4) is 0 Å². The van der Waals surface area contributed by atoms with Crippen molar-refractivity contribution in [3.63, 3.8) is 0 Å². The van der Waals surface area contributed by atoms with Crippen LogP contribution < -0.4 is 11.1 Å². The van der Waals surface area contributed by atoms with Crippen molar-refractivity contribution < 1.29 is 4.79 Å². The molecule has 2 rings (SSSR count). The van der Waals surface area contributed by atoms with E-state index in [-0.39, 0.29) is 12.1 Å². The van der Waals surface area contributed by atoms with Gasteiger partial charge in [0.25, 0.3) is 0 Å². The molecule has 116 valence electrons. The highest BCUT2D eigenvalue weighted by Gasteiger charge is 2.31. The summed E-state index contributed by atoms with van der Waals surface area (Å²) in [4.78, 5) is 13.2. The summed E-state index contributed by atoms with van der Waals surface area (Å²) in [5.74, 6) is 0.846. The molecule has 1 aliphatic heterocycles. The molecule has 1 fully saturated rings. The van der Waals surface area contributed by atoms with E-state index in [1.165, 1.54) is 5.56 Å². The maximum Gasteiger partial charge on any atom is 0.314 e. The number of nitrogens with zero attached hydrogens (tertiary/aromatic N) is 1. The van der Waals surface area contributed by atoms with E-state index >= 15 is 0 Å². The first kappa shape index (κ1) is 16.1. The molecule has 5 heteroatoms. The number of halogens is 1. The van der Waals surface area contributed by atoms with Gasteiger partial charge in [-0.05, 0) is 49.4 Å². The zero-order valence-corrected chi connectivity index (χ0v) is 13.4. The van der Waals surface area contributed by atoms with Crippen molar-refractivity contribution in [2.75, 3.05) is 20.1 Å². The fourth-order valence-corrected chi connectivity index (χ4v) is 3.54. The minimum absolute atomic E-state index is 0.224. The van der Waals surface area contributed by atoms with Crippen LogP contribution in [0.3, 0.4) is 0 Å². The molecule has 0 radical (unpaired) electrons. The lowest BCUT2D eigenvalue weighted by Gasteiger charge is -2.38. The monoisotopic (exact) mass is 309 g/mol. The molecular formula is C16H24ClN3O. The fourth-order valence-electron chi connectivity index (χ4n) is 3.34. The summed E-state index contributed by atoms with van der Waals surface area (Å²) in [7, 11) is 1.97. The molecule has 0 aromatic heterocycles. The Balaban J connectivity index is 2.12. The minimum atomic E-state index is -0.310. The lowest BCUT2D eigenvalue weighted by Crippen LogP contribution is -2.45. The van der Waals surface area contributed by atoms with E-state index in [4.69, 9.17) is 17.3 Å². The predicted molar refractivity (Wildman–Crippen MR) is 86.3 cm³/mol. The van der Waals surface area contributed by atoms with Gasteiger partial charge < -0.3 is 16.0 Å². The third-order valence-electron chi connectivity index (χ3n) is 4.56. The van der Waals surface area contributed by atoms with Crippen LogP contribution in [0.25, 0.3) is 0 Å². The van der Waals surface area contributed by atoms with Crippen LogP contribution in [-0.2, 0) is 0 Å². The Bertz CT molecular complexity index is 494. The number of carbonyl (C=O) groups excluding carboxylic acids is 1. The Morgan fingerprint density at radius 3 is 2.90 bits per heavy atom. The second-order valence-electron chi connectivity index (χ2n) is 5.87. The standard InChI is InChI=1S/C16H24ClN3O/c1-11(13-6-4-8-20(10-13)16(18)21)15(19-2)12-5-3-7-14(17)9-12/h3,5,7,9,11,13,15,19H,4,6,8,10H2,1-2H3,(H2,18,21)/t11?,13-,15-/m0/s1. The van der Waals surface area contributed by atoms with Crippen LogP contribution in [0.4, 0.5) is 4.79 Å². The average Bonchev–Trinajstić information content (AvgIpc) is 2.48. The van der Waals surface area contributed by atoms with E-state index in [9.17, 15) is 4.79 Å². The zero-order valence-electron chi connectivity index (χ0n) is 12.7. The summed E-state index contributed by atoms with van der Waals surface area (Å²) in [5, 5.41) is 4.15. The molecule has 0 spiro atoms. The van der Waals surface area contributed by atoms with Crippen LogP contribution in [0.1, 0.15) is 31.4 Å². The van der Waals surface area contributed by atoms with Crippen LogP contribution >= 0.6 is 11.6 Å². The van der Waals surface area contributed by atoms with Crippen molar-refractivity contribution in [2.24, 2.45) is 17.6 Å². The van der Waals surface area contributed by atoms with Crippen LogP contribution in [-0.4, -0.2) is 31.1 Å². The Kier molecular flexibility index (Phi) is 5.48. The number of piperidine rings is 1. The molecular weight excluding hydrogens is 286 g/mol. The van der Waals surface area contributed by atoms with Crippen molar-refractivity contribution in [2.45, 2.75) is 25.8 Å². The van der Waals surface area contributed by atoms with Crippen molar-refractivity contribution >= 4 is 17.6 Å². The molecule has 1 saturated heterocycles. The average molecular weight is 310 g/mol. The first-order valence-electron chi connectivity index (χ1n) is 7.50. The Morgan fingerprint density at radius 1 is 1.52 bits per heavy atom. The van der Waals surface area contributed by atoms with Gasteiger partial charge in [-0.2, -0.15) is 0 Å².